The van der Waals surface area contributed by atoms with Gasteiger partial charge in [-0.3, -0.25) is 9.48 Å². The number of halogens is 1. The van der Waals surface area contributed by atoms with Crippen LogP contribution in [0.5, 0.6) is 0 Å². The zero-order valence-corrected chi connectivity index (χ0v) is 14.7. The fourth-order valence-electron chi connectivity index (χ4n) is 2.45. The first kappa shape index (κ1) is 17.1. The monoisotopic (exact) mass is 361 g/mol. The van der Waals surface area contributed by atoms with Gasteiger partial charge < -0.3 is 10.1 Å². The third-order valence-electron chi connectivity index (χ3n) is 3.79. The summed E-state index contributed by atoms with van der Waals surface area (Å²) in [5, 5.41) is 7.53. The second-order valence-corrected chi connectivity index (χ2v) is 6.67. The van der Waals surface area contributed by atoms with Crippen molar-refractivity contribution < 1.29 is 18.7 Å². The van der Waals surface area contributed by atoms with Crippen molar-refractivity contribution in [2.75, 3.05) is 11.9 Å². The Morgan fingerprint density at radius 3 is 2.76 bits per heavy atom. The Morgan fingerprint density at radius 1 is 1.32 bits per heavy atom. The molecule has 0 saturated carbocycles. The second kappa shape index (κ2) is 6.64. The van der Waals surface area contributed by atoms with E-state index in [2.05, 4.69) is 10.4 Å². The number of ether oxygens (including phenoxy) is 1. The molecule has 6 nitrogen and oxygen atoms in total. The summed E-state index contributed by atoms with van der Waals surface area (Å²) in [6.45, 7) is 3.21. The van der Waals surface area contributed by atoms with E-state index in [1.54, 1.807) is 30.8 Å². The highest BCUT2D eigenvalue weighted by Crippen LogP contribution is 2.26. The number of carbonyl (C=O) groups is 2. The number of benzene rings is 1. The van der Waals surface area contributed by atoms with Crippen LogP contribution in [-0.4, -0.2) is 28.3 Å². The molecule has 0 radical (unpaired) electrons. The van der Waals surface area contributed by atoms with Crippen molar-refractivity contribution in [3.05, 3.63) is 46.3 Å². The molecule has 2 aromatic heterocycles. The van der Waals surface area contributed by atoms with Crippen LogP contribution in [-0.2, 0) is 16.6 Å². The molecule has 1 N–H and O–H groups in total. The van der Waals surface area contributed by atoms with Crippen LogP contribution in [0.3, 0.4) is 0 Å². The molecule has 2 heterocycles. The number of esters is 1. The summed E-state index contributed by atoms with van der Waals surface area (Å²) in [5.74, 6) is -1.43. The molecule has 0 aliphatic heterocycles. The minimum atomic E-state index is -0.614. The highest BCUT2D eigenvalue weighted by Gasteiger charge is 2.16. The number of hydrogen-bond donors (Lipinski definition) is 1. The fourth-order valence-corrected chi connectivity index (χ4v) is 3.38. The molecule has 25 heavy (non-hydrogen) atoms. The largest absolute Gasteiger partial charge is 0.451 e. The smallest absolute Gasteiger partial charge is 0.348 e. The van der Waals surface area contributed by atoms with Crippen molar-refractivity contribution in [2.45, 2.75) is 13.8 Å². The number of nitrogens with zero attached hydrogens (tertiary/aromatic N) is 2. The Balaban J connectivity index is 1.63. The molecule has 0 saturated heterocycles. The van der Waals surface area contributed by atoms with Gasteiger partial charge in [-0.15, -0.1) is 11.3 Å². The lowest BCUT2D eigenvalue weighted by Gasteiger charge is -2.06. The van der Waals surface area contributed by atoms with Gasteiger partial charge in [0.25, 0.3) is 5.91 Å². The van der Waals surface area contributed by atoms with Crippen LogP contribution in [0.4, 0.5) is 10.1 Å². The maximum absolute atomic E-state index is 13.2. The molecule has 3 aromatic rings. The van der Waals surface area contributed by atoms with Crippen LogP contribution in [0.15, 0.2) is 24.3 Å². The van der Waals surface area contributed by atoms with Crippen LogP contribution < -0.4 is 5.32 Å². The number of hydrogen-bond acceptors (Lipinski definition) is 5. The number of anilines is 1. The first-order chi connectivity index (χ1) is 11.8. The third-order valence-corrected chi connectivity index (χ3v) is 4.88. The lowest BCUT2D eigenvalue weighted by atomic mass is 10.2. The first-order valence-electron chi connectivity index (χ1n) is 7.51. The Kier molecular flexibility index (Phi) is 4.54. The predicted octanol–water partition coefficient (Wildman–Crippen LogP) is 3.19. The molecular weight excluding hydrogens is 345 g/mol. The van der Waals surface area contributed by atoms with E-state index in [4.69, 9.17) is 4.74 Å². The summed E-state index contributed by atoms with van der Waals surface area (Å²) in [5.41, 5.74) is 2.11. The average Bonchev–Trinajstić information content (AvgIpc) is 3.08. The number of aromatic nitrogens is 2. The molecule has 0 spiro atoms. The number of rotatable bonds is 4. The van der Waals surface area contributed by atoms with Crippen molar-refractivity contribution in [1.29, 1.82) is 0 Å². The van der Waals surface area contributed by atoms with E-state index in [1.807, 2.05) is 6.92 Å². The molecular formula is C17H16FN3O3S. The van der Waals surface area contributed by atoms with E-state index in [1.165, 1.54) is 23.5 Å². The third kappa shape index (κ3) is 3.53. The van der Waals surface area contributed by atoms with Crippen molar-refractivity contribution in [3.63, 3.8) is 0 Å². The highest BCUT2D eigenvalue weighted by molar-refractivity contribution is 7.20. The van der Waals surface area contributed by atoms with Crippen molar-refractivity contribution in [1.82, 2.24) is 9.78 Å². The summed E-state index contributed by atoms with van der Waals surface area (Å²) in [6, 6.07) is 5.84. The van der Waals surface area contributed by atoms with E-state index >= 15 is 0 Å². The summed E-state index contributed by atoms with van der Waals surface area (Å²) in [6.07, 6.45) is 0. The van der Waals surface area contributed by atoms with Crippen molar-refractivity contribution in [3.8, 4) is 0 Å². The standard InChI is InChI=1S/C17H16FN3O3S/c1-9-16(10(2)21(3)20-9)19-15(22)8-24-17(23)14-7-11-6-12(18)4-5-13(11)25-14/h4-7H,8H2,1-3H3,(H,19,22). The first-order valence-corrected chi connectivity index (χ1v) is 8.33. The van der Waals surface area contributed by atoms with Gasteiger partial charge in [0, 0.05) is 11.7 Å². The van der Waals surface area contributed by atoms with E-state index in [0.29, 0.717) is 21.6 Å². The maximum atomic E-state index is 13.2. The van der Waals surface area contributed by atoms with Crippen LogP contribution >= 0.6 is 11.3 Å². The molecule has 0 unspecified atom stereocenters. The quantitative estimate of drug-likeness (QED) is 0.725. The molecule has 8 heteroatoms. The zero-order valence-electron chi connectivity index (χ0n) is 13.9. The molecule has 1 aromatic carbocycles. The molecule has 0 atom stereocenters. The van der Waals surface area contributed by atoms with Gasteiger partial charge in [0.15, 0.2) is 6.61 Å². The Bertz CT molecular complexity index is 977. The molecule has 1 amide bonds. The van der Waals surface area contributed by atoms with E-state index < -0.39 is 18.5 Å². The molecule has 0 fully saturated rings. The lowest BCUT2D eigenvalue weighted by molar-refractivity contribution is -0.119. The number of nitrogens with one attached hydrogen (secondary N) is 1. The Hall–Kier alpha value is -2.74. The molecule has 0 aliphatic rings. The van der Waals surface area contributed by atoms with Crippen LogP contribution in [0.25, 0.3) is 10.1 Å². The van der Waals surface area contributed by atoms with Crippen LogP contribution in [0, 0.1) is 19.7 Å². The summed E-state index contributed by atoms with van der Waals surface area (Å²) in [7, 11) is 1.78. The van der Waals surface area contributed by atoms with E-state index in [9.17, 15) is 14.0 Å². The normalized spacial score (nSPS) is 10.9. The summed E-state index contributed by atoms with van der Waals surface area (Å²) >= 11 is 1.19. The number of carbonyl (C=O) groups excluding carboxylic acids is 2. The predicted molar refractivity (Wildman–Crippen MR) is 93.4 cm³/mol. The van der Waals surface area contributed by atoms with E-state index in [0.717, 1.165) is 10.4 Å². The maximum Gasteiger partial charge on any atom is 0.348 e. The minimum absolute atomic E-state index is 0.321. The zero-order chi connectivity index (χ0) is 18.1. The second-order valence-electron chi connectivity index (χ2n) is 5.59. The van der Waals surface area contributed by atoms with Gasteiger partial charge >= 0.3 is 5.97 Å². The lowest BCUT2D eigenvalue weighted by Crippen LogP contribution is -2.21. The van der Waals surface area contributed by atoms with Gasteiger partial charge in [0.05, 0.1) is 17.1 Å². The van der Waals surface area contributed by atoms with Gasteiger partial charge in [-0.2, -0.15) is 5.10 Å². The Labute approximate surface area is 147 Å². The highest BCUT2D eigenvalue weighted by atomic mass is 32.1. The topological polar surface area (TPSA) is 73.2 Å². The van der Waals surface area contributed by atoms with Crippen molar-refractivity contribution >= 4 is 39.0 Å². The van der Waals surface area contributed by atoms with E-state index in [-0.39, 0.29) is 5.82 Å². The van der Waals surface area contributed by atoms with Gasteiger partial charge in [-0.25, -0.2) is 9.18 Å². The van der Waals surface area contributed by atoms with Crippen LogP contribution in [0.2, 0.25) is 0 Å². The van der Waals surface area contributed by atoms with Crippen molar-refractivity contribution in [2.24, 2.45) is 7.05 Å². The van der Waals surface area contributed by atoms with Gasteiger partial charge in [0.1, 0.15) is 10.7 Å². The number of fused-ring (bicyclic) bond motifs is 1. The van der Waals surface area contributed by atoms with Gasteiger partial charge in [0.2, 0.25) is 0 Å². The van der Waals surface area contributed by atoms with Crippen LogP contribution in [0.1, 0.15) is 21.1 Å². The number of thiophene rings is 1. The minimum Gasteiger partial charge on any atom is -0.451 e. The molecule has 130 valence electrons. The number of amides is 1. The molecule has 0 aliphatic carbocycles. The SMILES string of the molecule is Cc1nn(C)c(C)c1NC(=O)COC(=O)c1cc2cc(F)ccc2s1. The average molecular weight is 361 g/mol. The number of aryl methyl sites for hydroxylation is 2. The molecule has 3 rings (SSSR count). The van der Waals surface area contributed by atoms with Gasteiger partial charge in [-0.05, 0) is 43.5 Å². The summed E-state index contributed by atoms with van der Waals surface area (Å²) < 4.78 is 20.7. The Morgan fingerprint density at radius 2 is 2.08 bits per heavy atom. The summed E-state index contributed by atoms with van der Waals surface area (Å²) in [4.78, 5) is 24.4. The van der Waals surface area contributed by atoms with Gasteiger partial charge in [-0.1, -0.05) is 0 Å². The fraction of sp³-hybridized carbons (Fsp3) is 0.235. The molecule has 0 bridgehead atoms.